The van der Waals surface area contributed by atoms with E-state index >= 15 is 0 Å². The van der Waals surface area contributed by atoms with Crippen molar-refractivity contribution in [2.24, 2.45) is 13.0 Å². The fraction of sp³-hybridized carbons (Fsp3) is 0.727. The topological polar surface area (TPSA) is 47.1 Å². The Morgan fingerprint density at radius 3 is 3.00 bits per heavy atom. The van der Waals surface area contributed by atoms with Gasteiger partial charge in [-0.1, -0.05) is 6.92 Å². The van der Waals surface area contributed by atoms with Gasteiger partial charge in [0.2, 0.25) is 0 Å². The van der Waals surface area contributed by atoms with E-state index < -0.39 is 0 Å². The van der Waals surface area contributed by atoms with Crippen molar-refractivity contribution < 1.29 is 0 Å². The van der Waals surface area contributed by atoms with E-state index in [1.807, 2.05) is 13.2 Å². The highest BCUT2D eigenvalue weighted by Crippen LogP contribution is 2.19. The molecule has 0 aromatic carbocycles. The lowest BCUT2D eigenvalue weighted by Gasteiger charge is -2.30. The smallest absolute Gasteiger partial charge is 0.125 e. The van der Waals surface area contributed by atoms with Crippen LogP contribution in [-0.2, 0) is 13.6 Å². The Hall–Kier alpha value is -1.03. The number of likely N-dealkylation sites (tertiary alicyclic amines) is 1. The van der Waals surface area contributed by atoms with Crippen molar-refractivity contribution in [2.75, 3.05) is 18.8 Å². The molecule has 0 bridgehead atoms. The number of hydrogen-bond donors (Lipinski definition) is 1. The van der Waals surface area contributed by atoms with E-state index in [4.69, 9.17) is 5.73 Å². The highest BCUT2D eigenvalue weighted by molar-refractivity contribution is 5.38. The van der Waals surface area contributed by atoms with Crippen LogP contribution in [0, 0.1) is 5.92 Å². The van der Waals surface area contributed by atoms with Crippen LogP contribution in [0.3, 0.4) is 0 Å². The molecule has 1 aliphatic heterocycles. The largest absolute Gasteiger partial charge is 0.384 e. The molecular weight excluding hydrogens is 188 g/mol. The summed E-state index contributed by atoms with van der Waals surface area (Å²) in [7, 11) is 1.89. The number of rotatable bonds is 2. The number of aryl methyl sites for hydroxylation is 1. The maximum absolute atomic E-state index is 5.93. The van der Waals surface area contributed by atoms with E-state index in [1.54, 1.807) is 4.68 Å². The molecule has 2 rings (SSSR count). The Bertz CT molecular complexity index is 331. The van der Waals surface area contributed by atoms with Crippen molar-refractivity contribution in [2.45, 2.75) is 26.3 Å². The maximum atomic E-state index is 5.93. The molecule has 1 atom stereocenters. The molecule has 0 spiro atoms. The Kier molecular flexibility index (Phi) is 2.95. The summed E-state index contributed by atoms with van der Waals surface area (Å²) in [5.74, 6) is 1.62. The lowest BCUT2D eigenvalue weighted by Crippen LogP contribution is -2.33. The number of nitrogen functional groups attached to an aromatic ring is 1. The van der Waals surface area contributed by atoms with E-state index in [2.05, 4.69) is 16.9 Å². The second kappa shape index (κ2) is 4.23. The zero-order valence-electron chi connectivity index (χ0n) is 9.61. The summed E-state index contributed by atoms with van der Waals surface area (Å²) in [6.07, 6.45) is 4.55. The predicted octanol–water partition coefficient (Wildman–Crippen LogP) is 1.23. The van der Waals surface area contributed by atoms with Gasteiger partial charge < -0.3 is 5.73 Å². The quantitative estimate of drug-likeness (QED) is 0.795. The van der Waals surface area contributed by atoms with Gasteiger partial charge in [0.25, 0.3) is 0 Å². The summed E-state index contributed by atoms with van der Waals surface area (Å²) >= 11 is 0. The third-order valence-electron chi connectivity index (χ3n) is 3.20. The first kappa shape index (κ1) is 10.5. The molecule has 2 N–H and O–H groups in total. The Morgan fingerprint density at radius 2 is 2.40 bits per heavy atom. The average Bonchev–Trinajstić information content (AvgIpc) is 2.50. The molecule has 0 amide bonds. The van der Waals surface area contributed by atoms with Gasteiger partial charge in [0.15, 0.2) is 0 Å². The van der Waals surface area contributed by atoms with Crippen LogP contribution < -0.4 is 5.73 Å². The van der Waals surface area contributed by atoms with Crippen LogP contribution in [-0.4, -0.2) is 27.8 Å². The second-order valence-corrected chi connectivity index (χ2v) is 4.66. The van der Waals surface area contributed by atoms with Crippen LogP contribution in [0.2, 0.25) is 0 Å². The fourth-order valence-electron chi connectivity index (χ4n) is 2.29. The average molecular weight is 208 g/mol. The van der Waals surface area contributed by atoms with E-state index in [-0.39, 0.29) is 0 Å². The Morgan fingerprint density at radius 1 is 1.60 bits per heavy atom. The molecule has 0 saturated carbocycles. The van der Waals surface area contributed by atoms with Crippen molar-refractivity contribution >= 4 is 5.82 Å². The first-order valence-electron chi connectivity index (χ1n) is 5.65. The molecule has 4 nitrogen and oxygen atoms in total. The first-order valence-corrected chi connectivity index (χ1v) is 5.65. The molecule has 15 heavy (non-hydrogen) atoms. The first-order chi connectivity index (χ1) is 7.16. The highest BCUT2D eigenvalue weighted by atomic mass is 15.3. The molecule has 0 radical (unpaired) electrons. The molecule has 0 aliphatic carbocycles. The third kappa shape index (κ3) is 2.31. The molecule has 4 heteroatoms. The van der Waals surface area contributed by atoms with Crippen molar-refractivity contribution in [1.29, 1.82) is 0 Å². The van der Waals surface area contributed by atoms with E-state index in [1.165, 1.54) is 25.9 Å². The Balaban J connectivity index is 1.99. The minimum Gasteiger partial charge on any atom is -0.384 e. The predicted molar refractivity (Wildman–Crippen MR) is 61.3 cm³/mol. The van der Waals surface area contributed by atoms with Gasteiger partial charge in [-0.3, -0.25) is 9.58 Å². The highest BCUT2D eigenvalue weighted by Gasteiger charge is 2.17. The SMILES string of the molecule is CC1CCCN(Cc2cnn(C)c2N)C1. The van der Waals surface area contributed by atoms with Crippen LogP contribution in [0.25, 0.3) is 0 Å². The van der Waals surface area contributed by atoms with Crippen molar-refractivity contribution in [3.8, 4) is 0 Å². The van der Waals surface area contributed by atoms with Crippen LogP contribution in [0.5, 0.6) is 0 Å². The minimum absolute atomic E-state index is 0.799. The molecule has 1 aromatic rings. The second-order valence-electron chi connectivity index (χ2n) is 4.66. The summed E-state index contributed by atoms with van der Waals surface area (Å²) in [6.45, 7) is 5.65. The van der Waals surface area contributed by atoms with Gasteiger partial charge in [0, 0.05) is 25.7 Å². The third-order valence-corrected chi connectivity index (χ3v) is 3.20. The molecule has 1 aliphatic rings. The molecule has 84 valence electrons. The minimum atomic E-state index is 0.799. The summed E-state index contributed by atoms with van der Waals surface area (Å²) in [5, 5.41) is 4.17. The van der Waals surface area contributed by atoms with Crippen molar-refractivity contribution in [3.05, 3.63) is 11.8 Å². The maximum Gasteiger partial charge on any atom is 0.125 e. The standard InChI is InChI=1S/C11H20N4/c1-9-4-3-5-15(7-9)8-10-6-13-14(2)11(10)12/h6,9H,3-5,7-8,12H2,1-2H3. The number of aromatic nitrogens is 2. The zero-order chi connectivity index (χ0) is 10.8. The van der Waals surface area contributed by atoms with Crippen LogP contribution >= 0.6 is 0 Å². The lowest BCUT2D eigenvalue weighted by atomic mass is 10.00. The molecule has 1 unspecified atom stereocenters. The number of nitrogens with zero attached hydrogens (tertiary/aromatic N) is 3. The Labute approximate surface area is 91.1 Å². The van der Waals surface area contributed by atoms with E-state index in [0.29, 0.717) is 0 Å². The van der Waals surface area contributed by atoms with Gasteiger partial charge in [-0.05, 0) is 25.3 Å². The van der Waals surface area contributed by atoms with Gasteiger partial charge in [-0.15, -0.1) is 0 Å². The normalized spacial score (nSPS) is 23.2. The lowest BCUT2D eigenvalue weighted by molar-refractivity contribution is 0.177. The molecule has 2 heterocycles. The van der Waals surface area contributed by atoms with E-state index in [9.17, 15) is 0 Å². The molecular formula is C11H20N4. The summed E-state index contributed by atoms with van der Waals surface area (Å²) < 4.78 is 1.74. The number of anilines is 1. The van der Waals surface area contributed by atoms with Crippen molar-refractivity contribution in [3.63, 3.8) is 0 Å². The van der Waals surface area contributed by atoms with Gasteiger partial charge in [0.05, 0.1) is 6.20 Å². The van der Waals surface area contributed by atoms with Gasteiger partial charge >= 0.3 is 0 Å². The van der Waals surface area contributed by atoms with Gasteiger partial charge in [0.1, 0.15) is 5.82 Å². The monoisotopic (exact) mass is 208 g/mol. The van der Waals surface area contributed by atoms with Crippen LogP contribution in [0.15, 0.2) is 6.20 Å². The summed E-state index contributed by atoms with van der Waals surface area (Å²) in [5.41, 5.74) is 7.09. The molecule has 1 saturated heterocycles. The zero-order valence-corrected chi connectivity index (χ0v) is 9.61. The van der Waals surface area contributed by atoms with Gasteiger partial charge in [-0.25, -0.2) is 0 Å². The van der Waals surface area contributed by atoms with Crippen molar-refractivity contribution in [1.82, 2.24) is 14.7 Å². The number of piperidine rings is 1. The fourth-order valence-corrected chi connectivity index (χ4v) is 2.29. The summed E-state index contributed by atoms with van der Waals surface area (Å²) in [6, 6.07) is 0. The van der Waals surface area contributed by atoms with E-state index in [0.717, 1.165) is 23.8 Å². The van der Waals surface area contributed by atoms with Gasteiger partial charge in [-0.2, -0.15) is 5.10 Å². The van der Waals surface area contributed by atoms with Crippen LogP contribution in [0.1, 0.15) is 25.3 Å². The number of hydrogen-bond acceptors (Lipinski definition) is 3. The van der Waals surface area contributed by atoms with Crippen LogP contribution in [0.4, 0.5) is 5.82 Å². The summed E-state index contributed by atoms with van der Waals surface area (Å²) in [4.78, 5) is 2.47. The molecule has 1 aromatic heterocycles. The number of nitrogens with two attached hydrogens (primary N) is 1. The molecule has 1 fully saturated rings.